The van der Waals surface area contributed by atoms with Crippen molar-refractivity contribution in [3.63, 3.8) is 0 Å². The second kappa shape index (κ2) is 9.31. The summed E-state index contributed by atoms with van der Waals surface area (Å²) in [6, 6.07) is 9.27. The molecule has 2 heteroatoms. The van der Waals surface area contributed by atoms with Gasteiger partial charge in [0.1, 0.15) is 0 Å². The van der Waals surface area contributed by atoms with E-state index in [9.17, 15) is 5.11 Å². The zero-order chi connectivity index (χ0) is 14.3. The van der Waals surface area contributed by atoms with Crippen LogP contribution in [0.3, 0.4) is 0 Å². The van der Waals surface area contributed by atoms with Crippen LogP contribution in [0.5, 0.6) is 0 Å². The van der Waals surface area contributed by atoms with E-state index in [0.29, 0.717) is 0 Å². The minimum absolute atomic E-state index is 0. The average molecular weight is 316 g/mol. The van der Waals surface area contributed by atoms with E-state index in [1.54, 1.807) is 0 Å². The number of hydrogen-bond donors (Lipinski definition) is 1. The van der Waals surface area contributed by atoms with Crippen LogP contribution in [-0.4, -0.2) is 5.11 Å². The van der Waals surface area contributed by atoms with Crippen molar-refractivity contribution in [1.29, 1.82) is 0 Å². The minimum Gasteiger partial charge on any atom is -0.373 e. The molecule has 0 saturated heterocycles. The van der Waals surface area contributed by atoms with E-state index in [0.717, 1.165) is 11.5 Å². The zero-order valence-corrected chi connectivity index (χ0v) is 12.6. The van der Waals surface area contributed by atoms with Gasteiger partial charge in [-0.2, -0.15) is 0 Å². The monoisotopic (exact) mass is 316 g/mol. The summed E-state index contributed by atoms with van der Waals surface area (Å²) in [6.45, 7) is 0. The number of aliphatic hydroxyl groups is 1. The molecule has 1 atom stereocenters. The molecule has 0 aliphatic heterocycles. The van der Waals surface area contributed by atoms with E-state index in [4.69, 9.17) is 6.42 Å². The molecule has 2 fully saturated rings. The first kappa shape index (κ1) is 18.3. The Labute approximate surface area is 140 Å². The topological polar surface area (TPSA) is 20.2 Å². The Kier molecular flexibility index (Phi) is 8.12. The zero-order valence-electron chi connectivity index (χ0n) is 11.5. The Balaban J connectivity index is 0.000000313. The van der Waals surface area contributed by atoms with E-state index in [-0.39, 0.29) is 17.1 Å². The molecule has 2 aliphatic carbocycles. The van der Waals surface area contributed by atoms with E-state index in [1.807, 2.05) is 88.1 Å². The molecule has 1 aromatic rings. The largest absolute Gasteiger partial charge is 2.00 e. The van der Waals surface area contributed by atoms with Crippen molar-refractivity contribution in [2.24, 2.45) is 0 Å². The van der Waals surface area contributed by atoms with Crippen LogP contribution >= 0.6 is 0 Å². The van der Waals surface area contributed by atoms with Crippen LogP contribution in [0.25, 0.3) is 0 Å². The van der Waals surface area contributed by atoms with Gasteiger partial charge in [0, 0.05) is 5.92 Å². The molecule has 2 aliphatic rings. The van der Waals surface area contributed by atoms with Crippen molar-refractivity contribution < 1.29 is 22.2 Å². The van der Waals surface area contributed by atoms with Crippen molar-refractivity contribution in [3.8, 4) is 12.3 Å². The molecule has 1 nitrogen and oxygen atoms in total. The second-order valence-corrected chi connectivity index (χ2v) is 4.36. The number of hydrogen-bond acceptors (Lipinski definition) is 1. The van der Waals surface area contributed by atoms with Crippen LogP contribution in [0.1, 0.15) is 5.56 Å². The van der Waals surface area contributed by atoms with Gasteiger partial charge in [-0.15, -0.1) is 6.42 Å². The molecule has 0 spiro atoms. The van der Waals surface area contributed by atoms with Crippen LogP contribution in [0.15, 0.2) is 30.3 Å². The molecule has 21 heavy (non-hydrogen) atoms. The Bertz CT molecular complexity index is 419. The molecule has 1 N–H and O–H groups in total. The van der Waals surface area contributed by atoms with Crippen molar-refractivity contribution in [3.05, 3.63) is 99.6 Å². The quantitative estimate of drug-likeness (QED) is 0.657. The van der Waals surface area contributed by atoms with Gasteiger partial charge in [-0.1, -0.05) is 36.3 Å². The first-order valence-corrected chi connectivity index (χ1v) is 6.42. The van der Waals surface area contributed by atoms with Gasteiger partial charge in [-0.05, 0) is 63.4 Å². The Morgan fingerprint density at radius 2 is 1.29 bits per heavy atom. The number of benzene rings is 1. The normalized spacial score (nSPS) is 20.6. The van der Waals surface area contributed by atoms with Gasteiger partial charge in [0.05, 0.1) is 0 Å². The maximum absolute atomic E-state index is 10.4. The summed E-state index contributed by atoms with van der Waals surface area (Å²) >= 11 is 0. The van der Waals surface area contributed by atoms with E-state index in [1.165, 1.54) is 0 Å². The first-order chi connectivity index (χ1) is 9.77. The van der Waals surface area contributed by atoms with Crippen molar-refractivity contribution >= 4 is 0 Å². The Hall–Kier alpha value is -0.741. The van der Waals surface area contributed by atoms with E-state index < -0.39 is 5.60 Å². The van der Waals surface area contributed by atoms with E-state index >= 15 is 0 Å². The molecule has 0 bridgehead atoms. The Morgan fingerprint density at radius 3 is 1.71 bits per heavy atom. The smallest absolute Gasteiger partial charge is 0.373 e. The van der Waals surface area contributed by atoms with Crippen LogP contribution in [0, 0.1) is 76.0 Å². The maximum Gasteiger partial charge on any atom is 2.00 e. The molecule has 10 radical (unpaired) electrons. The molecular formula is C19H16FeO+2. The summed E-state index contributed by atoms with van der Waals surface area (Å²) in [7, 11) is 0. The number of rotatable bonds is 2. The summed E-state index contributed by atoms with van der Waals surface area (Å²) in [5, 5.41) is 10.4. The SMILES string of the molecule is C#CC(O)([C]1[CH][CH][CH][CH]1)c1ccccc1.[CH]1[CH][CH][CH][CH]1.[Fe+2]. The van der Waals surface area contributed by atoms with Crippen molar-refractivity contribution in [1.82, 2.24) is 0 Å². The van der Waals surface area contributed by atoms with Gasteiger partial charge >= 0.3 is 17.1 Å². The fourth-order valence-electron chi connectivity index (χ4n) is 1.95. The minimum atomic E-state index is -1.31. The fourth-order valence-corrected chi connectivity index (χ4v) is 1.95. The van der Waals surface area contributed by atoms with Crippen LogP contribution in [-0.2, 0) is 22.7 Å². The summed E-state index contributed by atoms with van der Waals surface area (Å²) in [5.74, 6) is 3.19. The van der Waals surface area contributed by atoms with Gasteiger partial charge in [0.25, 0.3) is 0 Å². The standard InChI is InChI=1S/C14H11O.C5H5.Fe/c1-2-14(15,13-10-6-7-11-13)12-8-4-3-5-9-12;1-2-4-5-3-1;/h1,3-11,15H;1-5H;/q;;+2. The van der Waals surface area contributed by atoms with E-state index in [2.05, 4.69) is 5.92 Å². The summed E-state index contributed by atoms with van der Waals surface area (Å²) in [4.78, 5) is 0. The molecule has 3 rings (SSSR count). The molecule has 0 amide bonds. The van der Waals surface area contributed by atoms with Gasteiger partial charge in [-0.3, -0.25) is 0 Å². The molecule has 2 saturated carbocycles. The third-order valence-electron chi connectivity index (χ3n) is 3.04. The fraction of sp³-hybridized carbons (Fsp3) is 0.0526. The van der Waals surface area contributed by atoms with Gasteiger partial charge in [0.15, 0.2) is 5.60 Å². The third-order valence-corrected chi connectivity index (χ3v) is 3.04. The van der Waals surface area contributed by atoms with Gasteiger partial charge in [0.2, 0.25) is 0 Å². The van der Waals surface area contributed by atoms with Crippen LogP contribution in [0.4, 0.5) is 0 Å². The summed E-state index contributed by atoms with van der Waals surface area (Å²) < 4.78 is 0. The molecule has 1 aromatic carbocycles. The Morgan fingerprint density at radius 1 is 0.810 bits per heavy atom. The van der Waals surface area contributed by atoms with Crippen LogP contribution in [0.2, 0.25) is 0 Å². The van der Waals surface area contributed by atoms with Crippen LogP contribution < -0.4 is 0 Å². The van der Waals surface area contributed by atoms with Crippen molar-refractivity contribution in [2.75, 3.05) is 0 Å². The molecular weight excluding hydrogens is 300 g/mol. The molecule has 0 heterocycles. The molecule has 104 valence electrons. The van der Waals surface area contributed by atoms with Crippen molar-refractivity contribution in [2.45, 2.75) is 5.60 Å². The van der Waals surface area contributed by atoms with Gasteiger partial charge < -0.3 is 5.11 Å². The second-order valence-electron chi connectivity index (χ2n) is 4.36. The third kappa shape index (κ3) is 4.89. The molecule has 1 unspecified atom stereocenters. The first-order valence-electron chi connectivity index (χ1n) is 6.42. The molecule has 0 aromatic heterocycles. The maximum atomic E-state index is 10.4. The van der Waals surface area contributed by atoms with Gasteiger partial charge in [-0.25, -0.2) is 0 Å². The summed E-state index contributed by atoms with van der Waals surface area (Å²) in [5.41, 5.74) is -0.594. The number of terminal acetylenes is 1. The predicted molar refractivity (Wildman–Crippen MR) is 81.1 cm³/mol. The average Bonchev–Trinajstić information content (AvgIpc) is 3.22. The predicted octanol–water partition coefficient (Wildman–Crippen LogP) is 2.93. The summed E-state index contributed by atoms with van der Waals surface area (Å²) in [6.07, 6.45) is 22.8.